The molecule has 1 aliphatic rings. The van der Waals surface area contributed by atoms with Crippen LogP contribution in [-0.2, 0) is 20.8 Å². The lowest BCUT2D eigenvalue weighted by Gasteiger charge is -2.19. The van der Waals surface area contributed by atoms with Gasteiger partial charge >= 0.3 is 6.09 Å². The van der Waals surface area contributed by atoms with Gasteiger partial charge < -0.3 is 29.7 Å². The number of anilines is 1. The van der Waals surface area contributed by atoms with E-state index in [9.17, 15) is 4.79 Å². The molecule has 1 aliphatic heterocycles. The Labute approximate surface area is 201 Å². The molecule has 0 spiro atoms. The van der Waals surface area contributed by atoms with Gasteiger partial charge in [-0.15, -0.1) is 0 Å². The molecule has 0 saturated carbocycles. The maximum atomic E-state index is 11.9. The number of aryl methyl sites for hydroxylation is 1. The number of amides is 1. The molecular weight excluding hydrogens is 438 g/mol. The summed E-state index contributed by atoms with van der Waals surface area (Å²) in [6.45, 7) is 4.37. The molecule has 2 heterocycles. The van der Waals surface area contributed by atoms with Gasteiger partial charge in [-0.3, -0.25) is 15.8 Å². The molecule has 0 aliphatic carbocycles. The third kappa shape index (κ3) is 6.72. The average molecular weight is 474 g/mol. The van der Waals surface area contributed by atoms with E-state index in [2.05, 4.69) is 20.6 Å². The van der Waals surface area contributed by atoms with Crippen LogP contribution < -0.4 is 15.5 Å². The van der Waals surface area contributed by atoms with Crippen molar-refractivity contribution in [3.63, 3.8) is 0 Å². The van der Waals surface area contributed by atoms with Gasteiger partial charge in [-0.25, -0.2) is 9.78 Å². The van der Waals surface area contributed by atoms with Crippen molar-refractivity contribution in [3.8, 4) is 0 Å². The number of methoxy groups -OCH3 is 1. The highest BCUT2D eigenvalue weighted by molar-refractivity contribution is 6.04. The Bertz CT molecular complexity index is 1020. The van der Waals surface area contributed by atoms with Crippen molar-refractivity contribution in [2.24, 2.45) is 0 Å². The molecule has 1 aromatic heterocycles. The number of hydrogen-bond acceptors (Lipinski definition) is 10. The number of carbonyl (C=O) groups is 1. The molecule has 34 heavy (non-hydrogen) atoms. The molecule has 1 amide bonds. The predicted octanol–water partition coefficient (Wildman–Crippen LogP) is 2.32. The summed E-state index contributed by atoms with van der Waals surface area (Å²) in [5.41, 5.74) is 2.43. The first-order chi connectivity index (χ1) is 16.4. The Morgan fingerprint density at radius 1 is 1.26 bits per heavy atom. The minimum Gasteiger partial charge on any atom is -0.444 e. The Kier molecular flexibility index (Phi) is 8.88. The van der Waals surface area contributed by atoms with Gasteiger partial charge in [0.25, 0.3) is 0 Å². The van der Waals surface area contributed by atoms with Crippen molar-refractivity contribution in [3.05, 3.63) is 53.0 Å². The van der Waals surface area contributed by atoms with Crippen LogP contribution in [0.25, 0.3) is 0 Å². The molecule has 1 fully saturated rings. The van der Waals surface area contributed by atoms with Crippen LogP contribution in [0.3, 0.4) is 0 Å². The van der Waals surface area contributed by atoms with E-state index in [4.69, 9.17) is 25.0 Å². The number of rotatable bonds is 9. The van der Waals surface area contributed by atoms with E-state index < -0.39 is 6.09 Å². The molecule has 2 aromatic rings. The molecule has 186 valence electrons. The molecule has 1 aromatic carbocycles. The lowest BCUT2D eigenvalue weighted by Crippen LogP contribution is -2.33. The molecule has 11 nitrogen and oxygen atoms in total. The number of ether oxygens (including phenoxy) is 3. The topological polar surface area (TPSA) is 146 Å². The van der Waals surface area contributed by atoms with E-state index in [1.165, 1.54) is 0 Å². The van der Waals surface area contributed by atoms with Crippen molar-refractivity contribution in [2.75, 3.05) is 45.3 Å². The summed E-state index contributed by atoms with van der Waals surface area (Å²) in [5.74, 6) is 0.171. The average Bonchev–Trinajstić information content (AvgIpc) is 3.28. The second-order valence-electron chi connectivity index (χ2n) is 7.83. The summed E-state index contributed by atoms with van der Waals surface area (Å²) >= 11 is 0. The number of alkyl carbamates (subject to hydrolysis) is 1. The minimum absolute atomic E-state index is 0. The summed E-state index contributed by atoms with van der Waals surface area (Å²) < 4.78 is 15.8. The van der Waals surface area contributed by atoms with E-state index in [1.807, 2.05) is 24.1 Å². The molecule has 0 bridgehead atoms. The predicted molar refractivity (Wildman–Crippen MR) is 132 cm³/mol. The molecule has 3 rings (SSSR count). The summed E-state index contributed by atoms with van der Waals surface area (Å²) in [6, 6.07) is 7.38. The molecule has 0 radical (unpaired) electrons. The van der Waals surface area contributed by atoms with Gasteiger partial charge in [0.1, 0.15) is 17.6 Å². The quantitative estimate of drug-likeness (QED) is 0.247. The number of nitrogens with zero attached hydrogens (tertiary/aromatic N) is 3. The highest BCUT2D eigenvalue weighted by Gasteiger charge is 2.27. The maximum Gasteiger partial charge on any atom is 0.407 e. The third-order valence-electron chi connectivity index (χ3n) is 5.28. The number of nitrogens with one attached hydrogen (secondary N) is 4. The fourth-order valence-corrected chi connectivity index (χ4v) is 3.48. The lowest BCUT2D eigenvalue weighted by atomic mass is 10.1. The summed E-state index contributed by atoms with van der Waals surface area (Å²) in [6.07, 6.45) is 1.53. The van der Waals surface area contributed by atoms with Gasteiger partial charge in [0.2, 0.25) is 11.8 Å². The lowest BCUT2D eigenvalue weighted by molar-refractivity contribution is 0.104. The van der Waals surface area contributed by atoms with E-state index >= 15 is 0 Å². The Morgan fingerprint density at radius 3 is 2.74 bits per heavy atom. The van der Waals surface area contributed by atoms with Crippen molar-refractivity contribution in [2.45, 2.75) is 26.0 Å². The number of aromatic nitrogens is 2. The van der Waals surface area contributed by atoms with Gasteiger partial charge in [0.05, 0.1) is 25.0 Å². The molecule has 1 atom stereocenters. The number of hydrogen-bond donors (Lipinski definition) is 4. The van der Waals surface area contributed by atoms with Gasteiger partial charge in [0, 0.05) is 41.6 Å². The Morgan fingerprint density at radius 2 is 2.03 bits per heavy atom. The first kappa shape index (κ1) is 25.1. The largest absolute Gasteiger partial charge is 0.444 e. The van der Waals surface area contributed by atoms with Crippen LogP contribution in [0.5, 0.6) is 0 Å². The highest BCUT2D eigenvalue weighted by Crippen LogP contribution is 2.21. The highest BCUT2D eigenvalue weighted by atomic mass is 16.6. The SMILES string of the molecule is CNCc1ccc(C(=N)OC(=N)c2nc(N3CC[C@@H](OC(=O)NCCOC)C3)cnc2C)cc1.[HH].[HH]. The fourth-order valence-electron chi connectivity index (χ4n) is 3.48. The number of benzene rings is 1. The van der Waals surface area contributed by atoms with Crippen LogP contribution in [0, 0.1) is 17.7 Å². The van der Waals surface area contributed by atoms with Gasteiger partial charge in [-0.05, 0) is 31.7 Å². The summed E-state index contributed by atoms with van der Waals surface area (Å²) in [4.78, 5) is 22.7. The normalized spacial score (nSPS) is 15.1. The van der Waals surface area contributed by atoms with Gasteiger partial charge in [-0.1, -0.05) is 12.1 Å². The zero-order valence-electron chi connectivity index (χ0n) is 19.7. The molecule has 1 saturated heterocycles. The van der Waals surface area contributed by atoms with Gasteiger partial charge in [-0.2, -0.15) is 0 Å². The van der Waals surface area contributed by atoms with Gasteiger partial charge in [0.15, 0.2) is 0 Å². The zero-order valence-corrected chi connectivity index (χ0v) is 19.7. The summed E-state index contributed by atoms with van der Waals surface area (Å²) in [7, 11) is 3.43. The van der Waals surface area contributed by atoms with E-state index in [0.29, 0.717) is 49.7 Å². The summed E-state index contributed by atoms with van der Waals surface area (Å²) in [5, 5.41) is 22.3. The van der Waals surface area contributed by atoms with E-state index in [0.717, 1.165) is 12.1 Å². The Hall–Kier alpha value is -3.57. The van der Waals surface area contributed by atoms with Crippen LogP contribution in [-0.4, -0.2) is 74.4 Å². The number of carbonyl (C=O) groups excluding carboxylic acids is 1. The van der Waals surface area contributed by atoms with Crippen molar-refractivity contribution in [1.29, 1.82) is 10.8 Å². The first-order valence-electron chi connectivity index (χ1n) is 11.0. The second kappa shape index (κ2) is 12.1. The second-order valence-corrected chi connectivity index (χ2v) is 7.83. The van der Waals surface area contributed by atoms with Crippen molar-refractivity contribution in [1.82, 2.24) is 20.6 Å². The molecule has 11 heteroatoms. The zero-order chi connectivity index (χ0) is 24.5. The van der Waals surface area contributed by atoms with Crippen molar-refractivity contribution >= 4 is 23.7 Å². The van der Waals surface area contributed by atoms with E-state index in [1.54, 1.807) is 32.4 Å². The fraction of sp³-hybridized carbons (Fsp3) is 0.435. The first-order valence-corrected chi connectivity index (χ1v) is 11.0. The minimum atomic E-state index is -0.479. The van der Waals surface area contributed by atoms with Crippen molar-refractivity contribution < 1.29 is 21.9 Å². The third-order valence-corrected chi connectivity index (χ3v) is 5.28. The molecule has 0 unspecified atom stereocenters. The van der Waals surface area contributed by atoms with Crippen LogP contribution >= 0.6 is 0 Å². The standard InChI is InChI=1S/C23H31N7O4.2H2/c1-15-20(22(25)34-21(24)17-6-4-16(5-7-17)12-26-2)29-19(13-28-15)30-10-8-18(14-30)33-23(31)27-9-11-32-3;;/h4-7,13,18,24-26H,8-12,14H2,1-3H3,(H,27,31);2*1H/t18-;;/m1../s1. The van der Waals surface area contributed by atoms with Crippen LogP contribution in [0.15, 0.2) is 30.5 Å². The molecule has 4 N–H and O–H groups in total. The Balaban J connectivity index is 0.00000324. The molecular formula is C23H35N7O4. The van der Waals surface area contributed by atoms with E-state index in [-0.39, 0.29) is 26.4 Å². The monoisotopic (exact) mass is 473 g/mol. The smallest absolute Gasteiger partial charge is 0.407 e. The van der Waals surface area contributed by atoms with Crippen LogP contribution in [0.2, 0.25) is 0 Å². The maximum absolute atomic E-state index is 11.9. The van der Waals surface area contributed by atoms with Crippen LogP contribution in [0.4, 0.5) is 10.6 Å². The van der Waals surface area contributed by atoms with Crippen LogP contribution in [0.1, 0.15) is 31.8 Å².